The van der Waals surface area contributed by atoms with Crippen LogP contribution in [-0.2, 0) is 10.0 Å². The predicted octanol–water partition coefficient (Wildman–Crippen LogP) is 5.12. The topological polar surface area (TPSA) is 66.5 Å². The first-order chi connectivity index (χ1) is 13.7. The van der Waals surface area contributed by atoms with Gasteiger partial charge in [-0.25, -0.2) is 8.42 Å². The average molecular weight is 471 g/mol. The summed E-state index contributed by atoms with van der Waals surface area (Å²) in [5.41, 5.74) is 4.86. The summed E-state index contributed by atoms with van der Waals surface area (Å²) in [6, 6.07) is 16.0. The summed E-state index contributed by atoms with van der Waals surface area (Å²) >= 11 is 3.45. The fourth-order valence-corrected chi connectivity index (χ4v) is 5.37. The summed E-state index contributed by atoms with van der Waals surface area (Å²) in [5.74, 6) is -0.244. The average Bonchev–Trinajstić information content (AvgIpc) is 2.69. The van der Waals surface area contributed by atoms with Gasteiger partial charge in [0.2, 0.25) is 0 Å². The molecule has 0 atom stereocenters. The van der Waals surface area contributed by atoms with Gasteiger partial charge in [0.1, 0.15) is 0 Å². The number of nitrogens with one attached hydrogen (secondary N) is 1. The Balaban J connectivity index is 1.81. The number of halogens is 1. The quantitative estimate of drug-likeness (QED) is 0.564. The number of sulfonamides is 1. The third-order valence-electron chi connectivity index (χ3n) is 5.11. The van der Waals surface area contributed by atoms with E-state index in [2.05, 4.69) is 21.2 Å². The van der Waals surface area contributed by atoms with Crippen molar-refractivity contribution in [3.63, 3.8) is 0 Å². The highest BCUT2D eigenvalue weighted by molar-refractivity contribution is 9.10. The van der Waals surface area contributed by atoms with Gasteiger partial charge < -0.3 is 5.32 Å². The number of aryl methyl sites for hydroxylation is 2. The third-order valence-corrected chi connectivity index (χ3v) is 7.81. The summed E-state index contributed by atoms with van der Waals surface area (Å²) in [6.45, 7) is 3.77. The maximum atomic E-state index is 12.9. The molecule has 0 aliphatic carbocycles. The summed E-state index contributed by atoms with van der Waals surface area (Å²) < 4.78 is 28.0. The number of hydrogen-bond donors (Lipinski definition) is 1. The Labute approximate surface area is 178 Å². The monoisotopic (exact) mass is 470 g/mol. The molecule has 1 aliphatic heterocycles. The van der Waals surface area contributed by atoms with Crippen LogP contribution in [0.3, 0.4) is 0 Å². The van der Waals surface area contributed by atoms with Gasteiger partial charge in [0.05, 0.1) is 10.6 Å². The zero-order valence-corrected chi connectivity index (χ0v) is 18.6. The Hall–Kier alpha value is -2.64. The zero-order valence-electron chi connectivity index (χ0n) is 16.2. The molecule has 4 rings (SSSR count). The van der Waals surface area contributed by atoms with E-state index in [9.17, 15) is 13.2 Å². The smallest absolute Gasteiger partial charge is 0.264 e. The minimum absolute atomic E-state index is 0.244. The van der Waals surface area contributed by atoms with Crippen LogP contribution in [0.25, 0.3) is 11.1 Å². The molecule has 1 N–H and O–H groups in total. The van der Waals surface area contributed by atoms with Crippen molar-refractivity contribution in [2.24, 2.45) is 0 Å². The second-order valence-corrected chi connectivity index (χ2v) is 9.87. The van der Waals surface area contributed by atoms with Crippen molar-refractivity contribution in [2.45, 2.75) is 18.7 Å². The molecule has 29 heavy (non-hydrogen) atoms. The second kappa shape index (κ2) is 7.00. The van der Waals surface area contributed by atoms with Crippen LogP contribution in [0.2, 0.25) is 0 Å². The number of carbonyl (C=O) groups excluding carboxylic acids is 1. The Morgan fingerprint density at radius 3 is 2.41 bits per heavy atom. The molecule has 3 aromatic rings. The molecule has 7 heteroatoms. The molecular weight excluding hydrogens is 452 g/mol. The van der Waals surface area contributed by atoms with E-state index in [0.29, 0.717) is 22.5 Å². The van der Waals surface area contributed by atoms with Crippen LogP contribution in [0.1, 0.15) is 21.5 Å². The van der Waals surface area contributed by atoms with Crippen molar-refractivity contribution in [3.05, 3.63) is 75.8 Å². The maximum absolute atomic E-state index is 12.9. The Morgan fingerprint density at radius 1 is 0.966 bits per heavy atom. The van der Waals surface area contributed by atoms with E-state index in [-0.39, 0.29) is 10.8 Å². The first-order valence-electron chi connectivity index (χ1n) is 9.00. The van der Waals surface area contributed by atoms with Crippen molar-refractivity contribution in [1.82, 2.24) is 0 Å². The van der Waals surface area contributed by atoms with Crippen LogP contribution in [-0.4, -0.2) is 21.4 Å². The summed E-state index contributed by atoms with van der Waals surface area (Å²) in [7, 11) is -2.08. The van der Waals surface area contributed by atoms with Crippen LogP contribution < -0.4 is 9.62 Å². The van der Waals surface area contributed by atoms with Crippen LogP contribution in [0.4, 0.5) is 11.4 Å². The molecule has 0 bridgehead atoms. The number of nitrogens with zero attached hydrogens (tertiary/aromatic N) is 1. The SMILES string of the molecule is Cc1cc(NC(=O)c2cc(C)c3c(c2)-c2ccccc2S(=O)(=O)N3C)ccc1Br. The van der Waals surface area contributed by atoms with Gasteiger partial charge in [-0.15, -0.1) is 0 Å². The molecule has 0 spiro atoms. The first kappa shape index (κ1) is 19.7. The van der Waals surface area contributed by atoms with E-state index < -0.39 is 10.0 Å². The van der Waals surface area contributed by atoms with Gasteiger partial charge in [0, 0.05) is 33.9 Å². The van der Waals surface area contributed by atoms with Gasteiger partial charge in [0.25, 0.3) is 15.9 Å². The minimum atomic E-state index is -3.62. The number of carbonyl (C=O) groups is 1. The first-order valence-corrected chi connectivity index (χ1v) is 11.2. The molecule has 0 fully saturated rings. The Bertz CT molecular complexity index is 1270. The number of amides is 1. The number of rotatable bonds is 2. The Morgan fingerprint density at radius 2 is 1.69 bits per heavy atom. The highest BCUT2D eigenvalue weighted by Gasteiger charge is 2.33. The molecule has 5 nitrogen and oxygen atoms in total. The van der Waals surface area contributed by atoms with Gasteiger partial charge in [-0.3, -0.25) is 9.10 Å². The van der Waals surface area contributed by atoms with Gasteiger partial charge in [-0.1, -0.05) is 34.1 Å². The fraction of sp³-hybridized carbons (Fsp3) is 0.136. The number of anilines is 2. The molecule has 1 aliphatic rings. The predicted molar refractivity (Wildman–Crippen MR) is 119 cm³/mol. The zero-order chi connectivity index (χ0) is 20.9. The normalized spacial score (nSPS) is 14.1. The summed E-state index contributed by atoms with van der Waals surface area (Å²) in [4.78, 5) is 13.2. The van der Waals surface area contributed by atoms with Crippen LogP contribution in [0.5, 0.6) is 0 Å². The van der Waals surface area contributed by atoms with Crippen molar-refractivity contribution in [3.8, 4) is 11.1 Å². The highest BCUT2D eigenvalue weighted by atomic mass is 79.9. The van der Waals surface area contributed by atoms with Crippen molar-refractivity contribution < 1.29 is 13.2 Å². The number of fused-ring (bicyclic) bond motifs is 3. The molecule has 148 valence electrons. The fourth-order valence-electron chi connectivity index (χ4n) is 3.64. The number of benzene rings is 3. The van der Waals surface area contributed by atoms with Crippen LogP contribution >= 0.6 is 15.9 Å². The summed E-state index contributed by atoms with van der Waals surface area (Å²) in [5, 5.41) is 2.92. The second-order valence-electron chi connectivity index (χ2n) is 7.08. The van der Waals surface area contributed by atoms with E-state index in [1.807, 2.05) is 32.0 Å². The molecule has 0 aromatic heterocycles. The molecular formula is C22H19BrN2O3S. The van der Waals surface area contributed by atoms with Gasteiger partial charge >= 0.3 is 0 Å². The van der Waals surface area contributed by atoms with Gasteiger partial charge in [-0.2, -0.15) is 0 Å². The molecule has 3 aromatic carbocycles. The van der Waals surface area contributed by atoms with Gasteiger partial charge in [0.15, 0.2) is 0 Å². The lowest BCUT2D eigenvalue weighted by Crippen LogP contribution is -2.31. The molecule has 1 amide bonds. The van der Waals surface area contributed by atoms with Crippen LogP contribution in [0.15, 0.2) is 64.0 Å². The molecule has 0 radical (unpaired) electrons. The van der Waals surface area contributed by atoms with Crippen LogP contribution in [0, 0.1) is 13.8 Å². The lowest BCUT2D eigenvalue weighted by molar-refractivity contribution is 0.102. The lowest BCUT2D eigenvalue weighted by atomic mass is 9.96. The van der Waals surface area contributed by atoms with Crippen molar-refractivity contribution >= 4 is 43.2 Å². The standard InChI is InChI=1S/C22H19BrN2O3S/c1-13-11-16(8-9-19(13)23)24-22(26)15-10-14(2)21-18(12-15)17-6-4-5-7-20(17)29(27,28)25(21)3/h4-12H,1-3H3,(H,24,26). The number of hydrogen-bond acceptors (Lipinski definition) is 3. The molecule has 0 saturated carbocycles. The highest BCUT2D eigenvalue weighted by Crippen LogP contribution is 2.44. The third kappa shape index (κ3) is 3.24. The van der Waals surface area contributed by atoms with E-state index in [4.69, 9.17) is 0 Å². The summed E-state index contributed by atoms with van der Waals surface area (Å²) in [6.07, 6.45) is 0. The largest absolute Gasteiger partial charge is 0.322 e. The minimum Gasteiger partial charge on any atom is -0.322 e. The molecule has 1 heterocycles. The molecule has 0 unspecified atom stereocenters. The van der Waals surface area contributed by atoms with E-state index in [1.165, 1.54) is 4.31 Å². The van der Waals surface area contributed by atoms with Gasteiger partial charge in [-0.05, 0) is 61.4 Å². The molecule has 0 saturated heterocycles. The lowest BCUT2D eigenvalue weighted by Gasteiger charge is -2.31. The van der Waals surface area contributed by atoms with E-state index in [0.717, 1.165) is 21.2 Å². The Kier molecular flexibility index (Phi) is 4.75. The van der Waals surface area contributed by atoms with E-state index >= 15 is 0 Å². The van der Waals surface area contributed by atoms with E-state index in [1.54, 1.807) is 43.4 Å². The van der Waals surface area contributed by atoms with Crippen molar-refractivity contribution in [1.29, 1.82) is 0 Å². The van der Waals surface area contributed by atoms with Crippen molar-refractivity contribution in [2.75, 3.05) is 16.7 Å². The maximum Gasteiger partial charge on any atom is 0.264 e.